The maximum absolute atomic E-state index is 3.68. The smallest absolute Gasteiger partial charge is 0.0379 e. The summed E-state index contributed by atoms with van der Waals surface area (Å²) in [5, 5.41) is 3.68. The molecule has 2 bridgehead atoms. The second-order valence-electron chi connectivity index (χ2n) is 8.46. The maximum atomic E-state index is 3.68. The fourth-order valence-electron chi connectivity index (χ4n) is 6.00. The summed E-state index contributed by atoms with van der Waals surface area (Å²) < 4.78 is 0. The summed E-state index contributed by atoms with van der Waals surface area (Å²) >= 11 is 0. The van der Waals surface area contributed by atoms with Gasteiger partial charge in [-0.3, -0.25) is 0 Å². The quantitative estimate of drug-likeness (QED) is 0.844. The molecule has 2 saturated carbocycles. The largest absolute Gasteiger partial charge is 0.384 e. The molecule has 2 nitrogen and oxygen atoms in total. The number of fused-ring (bicyclic) bond motifs is 4. The Kier molecular flexibility index (Phi) is 2.89. The van der Waals surface area contributed by atoms with Crippen molar-refractivity contribution < 1.29 is 0 Å². The van der Waals surface area contributed by atoms with E-state index in [0.717, 1.165) is 24.4 Å². The van der Waals surface area contributed by atoms with Gasteiger partial charge in [-0.15, -0.1) is 0 Å². The van der Waals surface area contributed by atoms with Crippen LogP contribution >= 0.6 is 0 Å². The van der Waals surface area contributed by atoms with Gasteiger partial charge in [0.1, 0.15) is 0 Å². The van der Waals surface area contributed by atoms with E-state index < -0.39 is 0 Å². The number of anilines is 1. The van der Waals surface area contributed by atoms with E-state index in [9.17, 15) is 0 Å². The molecule has 2 heterocycles. The molecule has 4 aliphatic rings. The number of nitrogens with one attached hydrogen (secondary N) is 1. The lowest BCUT2D eigenvalue weighted by molar-refractivity contribution is 0.0887. The molecule has 1 aromatic rings. The Morgan fingerprint density at radius 1 is 1.14 bits per heavy atom. The summed E-state index contributed by atoms with van der Waals surface area (Å²) in [4.78, 5) is 2.86. The first-order valence-corrected chi connectivity index (χ1v) is 9.33. The van der Waals surface area contributed by atoms with E-state index in [1.165, 1.54) is 62.9 Å². The molecule has 5 rings (SSSR count). The third-order valence-electron chi connectivity index (χ3n) is 7.29. The van der Waals surface area contributed by atoms with Crippen molar-refractivity contribution in [1.29, 1.82) is 0 Å². The molecule has 1 N–H and O–H groups in total. The topological polar surface area (TPSA) is 15.3 Å². The molecule has 22 heavy (non-hydrogen) atoms. The number of nitrogens with zero attached hydrogens (tertiary/aromatic N) is 1. The molecule has 1 spiro atoms. The van der Waals surface area contributed by atoms with E-state index in [-0.39, 0.29) is 0 Å². The van der Waals surface area contributed by atoms with Gasteiger partial charge < -0.3 is 10.2 Å². The highest BCUT2D eigenvalue weighted by Crippen LogP contribution is 2.49. The lowest BCUT2D eigenvalue weighted by Crippen LogP contribution is -2.49. The molecular formula is C20H28N2. The third kappa shape index (κ3) is 1.89. The standard InChI is InChI=1S/C20H28N2/c1-14-2-5-18-17(10-14)20(13-21-18)6-8-22(9-7-20)19-12-15-3-4-16(19)11-15/h2,5,10,15-16,19,21H,3-4,6-9,11-13H2,1H3/t15?,16?,19-/m1/s1. The van der Waals surface area contributed by atoms with Crippen LogP contribution < -0.4 is 5.32 Å². The molecule has 2 aliphatic carbocycles. The van der Waals surface area contributed by atoms with Crippen LogP contribution in [0, 0.1) is 18.8 Å². The summed E-state index contributed by atoms with van der Waals surface area (Å²) in [7, 11) is 0. The summed E-state index contributed by atoms with van der Waals surface area (Å²) in [6.45, 7) is 6.04. The Bertz CT molecular complexity index is 585. The predicted octanol–water partition coefficient (Wildman–Crippen LogP) is 3.94. The van der Waals surface area contributed by atoms with Gasteiger partial charge in [-0.1, -0.05) is 24.1 Å². The van der Waals surface area contributed by atoms with Crippen molar-refractivity contribution in [3.63, 3.8) is 0 Å². The monoisotopic (exact) mass is 296 g/mol. The molecule has 0 aromatic heterocycles. The van der Waals surface area contributed by atoms with Crippen molar-refractivity contribution in [1.82, 2.24) is 4.90 Å². The molecule has 1 aromatic carbocycles. The zero-order valence-corrected chi connectivity index (χ0v) is 13.8. The number of rotatable bonds is 1. The average molecular weight is 296 g/mol. The number of hydrogen-bond donors (Lipinski definition) is 1. The summed E-state index contributed by atoms with van der Waals surface area (Å²) in [6.07, 6.45) is 8.78. The zero-order chi connectivity index (χ0) is 14.7. The van der Waals surface area contributed by atoms with Crippen molar-refractivity contribution in [2.24, 2.45) is 11.8 Å². The fraction of sp³-hybridized carbons (Fsp3) is 0.700. The minimum Gasteiger partial charge on any atom is -0.384 e. The molecule has 2 aliphatic heterocycles. The number of aryl methyl sites for hydroxylation is 1. The molecule has 118 valence electrons. The molecule has 0 amide bonds. The normalized spacial score (nSPS) is 35.8. The van der Waals surface area contributed by atoms with Crippen molar-refractivity contribution >= 4 is 5.69 Å². The SMILES string of the molecule is Cc1ccc2c(c1)C1(CCN([C@@H]3CC4CCC3C4)CC1)CN2. The van der Waals surface area contributed by atoms with Crippen molar-refractivity contribution in [2.45, 2.75) is 56.9 Å². The number of piperidine rings is 1. The predicted molar refractivity (Wildman–Crippen MR) is 91.4 cm³/mol. The Labute approximate surface area is 134 Å². The van der Waals surface area contributed by atoms with E-state index in [4.69, 9.17) is 0 Å². The third-order valence-corrected chi connectivity index (χ3v) is 7.29. The highest BCUT2D eigenvalue weighted by Gasteiger charge is 2.46. The van der Waals surface area contributed by atoms with Crippen LogP contribution in [0.3, 0.4) is 0 Å². The number of likely N-dealkylation sites (tertiary alicyclic amines) is 1. The second-order valence-corrected chi connectivity index (χ2v) is 8.46. The first kappa shape index (κ1) is 13.4. The highest BCUT2D eigenvalue weighted by molar-refractivity contribution is 5.61. The fourth-order valence-corrected chi connectivity index (χ4v) is 6.00. The number of benzene rings is 1. The Morgan fingerprint density at radius 2 is 2.00 bits per heavy atom. The highest BCUT2D eigenvalue weighted by atomic mass is 15.2. The van der Waals surface area contributed by atoms with Crippen LogP contribution in [-0.4, -0.2) is 30.6 Å². The molecule has 0 radical (unpaired) electrons. The van der Waals surface area contributed by atoms with Gasteiger partial charge in [-0.25, -0.2) is 0 Å². The molecule has 3 atom stereocenters. The molecule has 2 unspecified atom stereocenters. The van der Waals surface area contributed by atoms with Gasteiger partial charge >= 0.3 is 0 Å². The van der Waals surface area contributed by atoms with E-state index in [0.29, 0.717) is 5.41 Å². The average Bonchev–Trinajstić information content (AvgIpc) is 3.24. The van der Waals surface area contributed by atoms with E-state index in [1.807, 2.05) is 0 Å². The molecule has 1 saturated heterocycles. The van der Waals surface area contributed by atoms with Crippen LogP contribution in [0.25, 0.3) is 0 Å². The first-order chi connectivity index (χ1) is 10.7. The molecule has 2 heteroatoms. The Balaban J connectivity index is 1.34. The summed E-state index contributed by atoms with van der Waals surface area (Å²) in [5.41, 5.74) is 4.85. The summed E-state index contributed by atoms with van der Waals surface area (Å²) in [5.74, 6) is 2.11. The van der Waals surface area contributed by atoms with Gasteiger partial charge in [0.15, 0.2) is 0 Å². The molecule has 3 fully saturated rings. The van der Waals surface area contributed by atoms with Crippen molar-refractivity contribution in [3.05, 3.63) is 29.3 Å². The first-order valence-electron chi connectivity index (χ1n) is 9.33. The van der Waals surface area contributed by atoms with E-state index in [2.05, 4.69) is 35.3 Å². The van der Waals surface area contributed by atoms with Gasteiger partial charge in [-0.05, 0) is 75.6 Å². The lowest BCUT2D eigenvalue weighted by atomic mass is 9.73. The van der Waals surface area contributed by atoms with Gasteiger partial charge in [-0.2, -0.15) is 0 Å². The molecular weight excluding hydrogens is 268 g/mol. The second kappa shape index (κ2) is 4.74. The van der Waals surface area contributed by atoms with Gasteiger partial charge in [0.25, 0.3) is 0 Å². The Hall–Kier alpha value is -1.02. The van der Waals surface area contributed by atoms with Crippen LogP contribution in [0.1, 0.15) is 49.7 Å². The van der Waals surface area contributed by atoms with Crippen LogP contribution in [0.2, 0.25) is 0 Å². The zero-order valence-electron chi connectivity index (χ0n) is 13.8. The van der Waals surface area contributed by atoms with Crippen LogP contribution in [-0.2, 0) is 5.41 Å². The minimum absolute atomic E-state index is 0.426. The van der Waals surface area contributed by atoms with Crippen molar-refractivity contribution in [3.8, 4) is 0 Å². The lowest BCUT2D eigenvalue weighted by Gasteiger charge is -2.44. The maximum Gasteiger partial charge on any atom is 0.0379 e. The number of hydrogen-bond acceptors (Lipinski definition) is 2. The van der Waals surface area contributed by atoms with E-state index >= 15 is 0 Å². The van der Waals surface area contributed by atoms with Gasteiger partial charge in [0.05, 0.1) is 0 Å². The van der Waals surface area contributed by atoms with Crippen LogP contribution in [0.4, 0.5) is 5.69 Å². The van der Waals surface area contributed by atoms with Crippen LogP contribution in [0.5, 0.6) is 0 Å². The van der Waals surface area contributed by atoms with Crippen LogP contribution in [0.15, 0.2) is 18.2 Å². The van der Waals surface area contributed by atoms with Crippen molar-refractivity contribution in [2.75, 3.05) is 25.0 Å². The minimum atomic E-state index is 0.426. The van der Waals surface area contributed by atoms with Gasteiger partial charge in [0, 0.05) is 23.7 Å². The van der Waals surface area contributed by atoms with E-state index in [1.54, 1.807) is 5.56 Å². The Morgan fingerprint density at radius 3 is 2.73 bits per heavy atom. The summed E-state index contributed by atoms with van der Waals surface area (Å²) in [6, 6.07) is 7.92. The van der Waals surface area contributed by atoms with Gasteiger partial charge in [0.2, 0.25) is 0 Å².